The average Bonchev–Trinajstić information content (AvgIpc) is 4.29. The van der Waals surface area contributed by atoms with Crippen molar-refractivity contribution in [1.29, 1.82) is 5.26 Å². The molecule has 6 heterocycles. The second-order valence-electron chi connectivity index (χ2n) is 19.9. The van der Waals surface area contributed by atoms with E-state index < -0.39 is 11.7 Å². The number of thiocarbonyl (C=S) groups is 3. The number of nitrogens with two attached hydrogens (primary N) is 1. The number of hydrogen-bond donors (Lipinski definition) is 4. The molecular formula is C62H62F3N11O3S3. The molecule has 6 aromatic carbocycles. The van der Waals surface area contributed by atoms with E-state index in [1.807, 2.05) is 132 Å². The van der Waals surface area contributed by atoms with Gasteiger partial charge in [-0.25, -0.2) is 0 Å². The van der Waals surface area contributed by atoms with Crippen LogP contribution in [0.1, 0.15) is 27.8 Å². The molecule has 0 amide bonds. The van der Waals surface area contributed by atoms with E-state index in [9.17, 15) is 13.2 Å². The Kier molecular flexibility index (Phi) is 18.3. The van der Waals surface area contributed by atoms with Crippen molar-refractivity contribution in [3.8, 4) is 23.3 Å². The maximum atomic E-state index is 12.9. The minimum Gasteiger partial charge on any atom is -0.488 e. The largest absolute Gasteiger partial charge is 0.488 e. The number of fused-ring (bicyclic) bond motifs is 3. The molecule has 20 heteroatoms. The molecule has 0 spiro atoms. The Labute approximate surface area is 492 Å². The zero-order valence-corrected chi connectivity index (χ0v) is 47.4. The molecule has 422 valence electrons. The summed E-state index contributed by atoms with van der Waals surface area (Å²) in [6.07, 6.45) is 1.46. The number of nitriles is 1. The number of halogens is 3. The van der Waals surface area contributed by atoms with Crippen LogP contribution in [0.3, 0.4) is 0 Å². The third kappa shape index (κ3) is 14.0. The van der Waals surface area contributed by atoms with Crippen molar-refractivity contribution in [2.24, 2.45) is 0 Å². The zero-order chi connectivity index (χ0) is 57.0. The summed E-state index contributed by atoms with van der Waals surface area (Å²) in [6.45, 7) is 11.2. The Morgan fingerprint density at radius 2 is 0.866 bits per heavy atom. The summed E-state index contributed by atoms with van der Waals surface area (Å²) in [5, 5.41) is 20.7. The van der Waals surface area contributed by atoms with Crippen molar-refractivity contribution in [3.63, 3.8) is 0 Å². The molecule has 6 aliphatic heterocycles. The molecule has 6 aromatic rings. The van der Waals surface area contributed by atoms with E-state index in [1.165, 1.54) is 12.1 Å². The van der Waals surface area contributed by atoms with Gasteiger partial charge in [0.15, 0.2) is 15.3 Å². The smallest absolute Gasteiger partial charge is 0.416 e. The predicted molar refractivity (Wildman–Crippen MR) is 332 cm³/mol. The molecule has 0 atom stereocenters. The van der Waals surface area contributed by atoms with Crippen LogP contribution in [-0.2, 0) is 6.18 Å². The molecule has 14 nitrogen and oxygen atoms in total. The van der Waals surface area contributed by atoms with Crippen LogP contribution in [0.25, 0.3) is 16.7 Å². The molecule has 3 saturated heterocycles. The van der Waals surface area contributed by atoms with Gasteiger partial charge in [0.2, 0.25) is 0 Å². The molecule has 0 unspecified atom stereocenters. The first-order valence-electron chi connectivity index (χ1n) is 27.1. The standard InChI is InChI=1S/C21H20F3N3OS.C21H20N4OS.C20H22N4OS/c22-21(23,24)16-4-3-5-17(12-16)26-8-10-27(11-9-26)20(29)25-13-15-14-28-19-7-2-1-6-18(15)19;22-13-16-5-7-18(8-6-16)24-9-11-25(12-10-24)21(27)23-14-17-15-26-20-4-2-1-3-19(17)20;21-17-6-2-3-7-18(17)23-9-11-24(12-10-23)20(26)22-13-15-14-25-19-8-4-1-5-16(15)19/h1-7,12-13H,8-11,14H2,(H,25,29);1-8,14H,9-12,15H2,(H,23,27);1-8,13H,9-12,14,21H2,(H,22,26)/b15-13-;17-14-;15-13-. The molecule has 0 saturated carbocycles. The second-order valence-corrected chi connectivity index (χ2v) is 21.1. The first-order valence-corrected chi connectivity index (χ1v) is 28.3. The molecule has 0 aromatic heterocycles. The predicted octanol–water partition coefficient (Wildman–Crippen LogP) is 9.82. The van der Waals surface area contributed by atoms with Crippen LogP contribution in [0.5, 0.6) is 17.2 Å². The highest BCUT2D eigenvalue weighted by Gasteiger charge is 2.32. The van der Waals surface area contributed by atoms with Crippen LogP contribution < -0.4 is 50.6 Å². The monoisotopic (exact) mass is 1160 g/mol. The van der Waals surface area contributed by atoms with E-state index in [4.69, 9.17) is 61.9 Å². The van der Waals surface area contributed by atoms with Gasteiger partial charge in [-0.05, 0) is 109 Å². The van der Waals surface area contributed by atoms with E-state index in [0.29, 0.717) is 62.4 Å². The van der Waals surface area contributed by atoms with E-state index in [2.05, 4.69) is 59.8 Å². The Bertz CT molecular complexity index is 3400. The molecule has 0 aliphatic carbocycles. The number of alkyl halides is 3. The van der Waals surface area contributed by atoms with Gasteiger partial charge in [0, 0.05) is 142 Å². The molecule has 82 heavy (non-hydrogen) atoms. The van der Waals surface area contributed by atoms with Gasteiger partial charge in [0.25, 0.3) is 0 Å². The number of piperazine rings is 3. The van der Waals surface area contributed by atoms with Crippen molar-refractivity contribution in [3.05, 3.63) is 192 Å². The van der Waals surface area contributed by atoms with Crippen LogP contribution >= 0.6 is 36.7 Å². The van der Waals surface area contributed by atoms with Crippen molar-refractivity contribution in [1.82, 2.24) is 30.7 Å². The topological polar surface area (TPSA) is 133 Å². The van der Waals surface area contributed by atoms with Crippen LogP contribution in [0.2, 0.25) is 0 Å². The number of benzene rings is 6. The van der Waals surface area contributed by atoms with Gasteiger partial charge < -0.3 is 65.3 Å². The summed E-state index contributed by atoms with van der Waals surface area (Å²) < 4.78 is 55.8. The number of nitrogen functional groups attached to an aromatic ring is 1. The van der Waals surface area contributed by atoms with Crippen molar-refractivity contribution < 1.29 is 27.4 Å². The molecule has 6 aliphatic rings. The summed E-state index contributed by atoms with van der Waals surface area (Å²) in [4.78, 5) is 13.0. The minimum atomic E-state index is -4.33. The third-order valence-electron chi connectivity index (χ3n) is 14.8. The lowest BCUT2D eigenvalue weighted by Gasteiger charge is -2.37. The highest BCUT2D eigenvalue weighted by atomic mass is 32.1. The SMILES string of the molecule is FC(F)(F)c1cccc(N2CCN(C(=S)N/C=C3/COc4ccccc43)CC2)c1.N#Cc1ccc(N2CCN(C(=S)N/C=C3/COc4ccccc43)CC2)cc1.Nc1ccccc1N1CCN(C(=S)N/C=C2/COc3ccccc32)CC1. The van der Waals surface area contributed by atoms with Gasteiger partial charge in [0.1, 0.15) is 37.1 Å². The summed E-state index contributed by atoms with van der Waals surface area (Å²) in [6, 6.07) is 47.3. The second kappa shape index (κ2) is 26.4. The van der Waals surface area contributed by atoms with Crippen LogP contribution in [-0.4, -0.2) is 128 Å². The van der Waals surface area contributed by atoms with E-state index in [1.54, 1.807) is 6.07 Å². The summed E-state index contributed by atoms with van der Waals surface area (Å²) in [5.74, 6) is 2.72. The molecule has 0 bridgehead atoms. The normalized spacial score (nSPS) is 17.6. The number of para-hydroxylation sites is 5. The number of nitrogens with zero attached hydrogens (tertiary/aromatic N) is 7. The number of rotatable bonds is 6. The lowest BCUT2D eigenvalue weighted by molar-refractivity contribution is -0.137. The number of nitrogens with one attached hydrogen (secondary N) is 3. The molecule has 12 rings (SSSR count). The summed E-state index contributed by atoms with van der Waals surface area (Å²) in [7, 11) is 0. The average molecular weight is 1160 g/mol. The highest BCUT2D eigenvalue weighted by molar-refractivity contribution is 7.80. The molecule has 0 radical (unpaired) electrons. The lowest BCUT2D eigenvalue weighted by atomic mass is 10.1. The molecule has 3 fully saturated rings. The summed E-state index contributed by atoms with van der Waals surface area (Å²) >= 11 is 16.6. The van der Waals surface area contributed by atoms with E-state index >= 15 is 0 Å². The Hall–Kier alpha value is -8.51. The van der Waals surface area contributed by atoms with Gasteiger partial charge in [0.05, 0.1) is 28.6 Å². The van der Waals surface area contributed by atoms with Crippen molar-refractivity contribution in [2.75, 3.05) is 119 Å². The Balaban J connectivity index is 0.000000138. The number of hydrogen-bond acceptors (Lipinski definition) is 11. The first-order chi connectivity index (χ1) is 39.9. The summed E-state index contributed by atoms with van der Waals surface area (Å²) in [5.41, 5.74) is 16.4. The van der Waals surface area contributed by atoms with Crippen LogP contribution in [0.4, 0.5) is 35.9 Å². The van der Waals surface area contributed by atoms with Crippen molar-refractivity contribution >= 4 is 91.5 Å². The quantitative estimate of drug-likeness (QED) is 0.0931. The Morgan fingerprint density at radius 1 is 0.476 bits per heavy atom. The minimum absolute atomic E-state index is 0.498. The Morgan fingerprint density at radius 3 is 1.28 bits per heavy atom. The van der Waals surface area contributed by atoms with E-state index in [-0.39, 0.29) is 0 Å². The highest BCUT2D eigenvalue weighted by Crippen LogP contribution is 2.35. The van der Waals surface area contributed by atoms with E-state index in [0.717, 1.165) is 136 Å². The fourth-order valence-electron chi connectivity index (χ4n) is 10.2. The zero-order valence-electron chi connectivity index (χ0n) is 45.0. The molecule has 5 N–H and O–H groups in total. The number of ether oxygens (including phenoxy) is 3. The van der Waals surface area contributed by atoms with Gasteiger partial charge in [-0.1, -0.05) is 72.8 Å². The number of anilines is 4. The maximum Gasteiger partial charge on any atom is 0.416 e. The first kappa shape index (κ1) is 56.8. The van der Waals surface area contributed by atoms with Gasteiger partial charge in [-0.3, -0.25) is 0 Å². The third-order valence-corrected chi connectivity index (χ3v) is 16.0. The maximum absolute atomic E-state index is 12.9. The van der Waals surface area contributed by atoms with Gasteiger partial charge >= 0.3 is 6.18 Å². The van der Waals surface area contributed by atoms with Crippen LogP contribution in [0.15, 0.2) is 164 Å². The van der Waals surface area contributed by atoms with Crippen molar-refractivity contribution in [2.45, 2.75) is 6.18 Å². The fourth-order valence-corrected chi connectivity index (χ4v) is 11.0. The van der Waals surface area contributed by atoms with Gasteiger partial charge in [-0.2, -0.15) is 18.4 Å². The van der Waals surface area contributed by atoms with Gasteiger partial charge in [-0.15, -0.1) is 0 Å². The fraction of sp³-hybridized carbons (Fsp3) is 0.258. The molecular weight excluding hydrogens is 1100 g/mol. The van der Waals surface area contributed by atoms with Crippen LogP contribution in [0, 0.1) is 11.3 Å². The lowest BCUT2D eigenvalue weighted by Crippen LogP contribution is -2.51.